The largest absolute Gasteiger partial charge is 0.314 e. The Morgan fingerprint density at radius 1 is 1.35 bits per heavy atom. The normalized spacial score (nSPS) is 17.4. The third-order valence-electron chi connectivity index (χ3n) is 3.36. The second-order valence-corrected chi connectivity index (χ2v) is 7.36. The van der Waals surface area contributed by atoms with Crippen LogP contribution in [0.25, 0.3) is 0 Å². The minimum Gasteiger partial charge on any atom is -0.314 e. The van der Waals surface area contributed by atoms with E-state index in [0.29, 0.717) is 6.42 Å². The molecule has 1 saturated heterocycles. The molecule has 1 aromatic carbocycles. The van der Waals surface area contributed by atoms with Crippen LogP contribution in [0.2, 0.25) is 5.02 Å². The summed E-state index contributed by atoms with van der Waals surface area (Å²) in [6.45, 7) is 4.68. The van der Waals surface area contributed by atoms with Gasteiger partial charge in [0.25, 0.3) is 0 Å². The van der Waals surface area contributed by atoms with Gasteiger partial charge in [-0.2, -0.15) is 0 Å². The number of benzene rings is 1. The van der Waals surface area contributed by atoms with Gasteiger partial charge in [0.15, 0.2) is 9.84 Å². The Balaban J connectivity index is 2.10. The summed E-state index contributed by atoms with van der Waals surface area (Å²) in [5.41, 5.74) is 0.721. The molecule has 1 aromatic rings. The van der Waals surface area contributed by atoms with E-state index in [9.17, 15) is 12.8 Å². The van der Waals surface area contributed by atoms with Crippen LogP contribution >= 0.6 is 11.6 Å². The van der Waals surface area contributed by atoms with E-state index < -0.39 is 20.5 Å². The first-order valence-corrected chi connectivity index (χ1v) is 8.76. The average Bonchev–Trinajstić information content (AvgIpc) is 2.35. The van der Waals surface area contributed by atoms with Gasteiger partial charge in [-0.05, 0) is 24.1 Å². The van der Waals surface area contributed by atoms with Crippen molar-refractivity contribution in [3.63, 3.8) is 0 Å². The molecule has 1 fully saturated rings. The van der Waals surface area contributed by atoms with Gasteiger partial charge >= 0.3 is 0 Å². The lowest BCUT2D eigenvalue weighted by atomic mass is 10.1. The van der Waals surface area contributed by atoms with Gasteiger partial charge in [-0.3, -0.25) is 0 Å². The van der Waals surface area contributed by atoms with E-state index >= 15 is 0 Å². The first kappa shape index (κ1) is 15.7. The monoisotopic (exact) mass is 320 g/mol. The third kappa shape index (κ3) is 3.91. The fourth-order valence-corrected chi connectivity index (χ4v) is 3.81. The van der Waals surface area contributed by atoms with Crippen molar-refractivity contribution in [1.82, 2.24) is 10.2 Å². The van der Waals surface area contributed by atoms with Crippen LogP contribution in [0, 0.1) is 5.82 Å². The molecule has 1 N–H and O–H groups in total. The van der Waals surface area contributed by atoms with Crippen molar-refractivity contribution in [3.8, 4) is 0 Å². The Kier molecular flexibility index (Phi) is 5.01. The molecular weight excluding hydrogens is 303 g/mol. The second kappa shape index (κ2) is 6.39. The fourth-order valence-electron chi connectivity index (χ4n) is 2.33. The van der Waals surface area contributed by atoms with Crippen LogP contribution < -0.4 is 5.32 Å². The highest BCUT2D eigenvalue weighted by atomic mass is 35.5. The van der Waals surface area contributed by atoms with Gasteiger partial charge in [0.05, 0.1) is 5.02 Å². The van der Waals surface area contributed by atoms with Crippen molar-refractivity contribution in [2.75, 3.05) is 39.0 Å². The van der Waals surface area contributed by atoms with Crippen molar-refractivity contribution in [1.29, 1.82) is 0 Å². The molecule has 7 heteroatoms. The minimum atomic E-state index is -3.64. The number of hydrogen-bond acceptors (Lipinski definition) is 4. The number of rotatable bonds is 4. The van der Waals surface area contributed by atoms with Gasteiger partial charge in [-0.15, -0.1) is 0 Å². The summed E-state index contributed by atoms with van der Waals surface area (Å²) in [4.78, 5) is 1.87. The fraction of sp³-hybridized carbons (Fsp3) is 0.538. The molecule has 0 unspecified atom stereocenters. The molecule has 4 nitrogen and oxygen atoms in total. The van der Waals surface area contributed by atoms with Crippen molar-refractivity contribution in [2.45, 2.75) is 11.3 Å². The molecule has 0 radical (unpaired) electrons. The maximum absolute atomic E-state index is 13.9. The summed E-state index contributed by atoms with van der Waals surface area (Å²) < 4.78 is 36.8. The lowest BCUT2D eigenvalue weighted by molar-refractivity contribution is 0.244. The smallest absolute Gasteiger partial charge is 0.179 e. The molecular formula is C13H18ClFN2O2S. The highest BCUT2D eigenvalue weighted by Gasteiger charge is 2.19. The van der Waals surface area contributed by atoms with Crippen LogP contribution in [-0.2, 0) is 16.3 Å². The van der Waals surface area contributed by atoms with Crippen LogP contribution in [0.3, 0.4) is 0 Å². The zero-order valence-electron chi connectivity index (χ0n) is 11.3. The quantitative estimate of drug-likeness (QED) is 0.909. The Morgan fingerprint density at radius 2 is 2.00 bits per heavy atom. The maximum Gasteiger partial charge on any atom is 0.179 e. The van der Waals surface area contributed by atoms with Gasteiger partial charge in [0.1, 0.15) is 10.7 Å². The zero-order chi connectivity index (χ0) is 14.8. The Hall–Kier alpha value is -0.690. The van der Waals surface area contributed by atoms with Crippen LogP contribution in [0.4, 0.5) is 4.39 Å². The lowest BCUT2D eigenvalue weighted by Crippen LogP contribution is -2.44. The van der Waals surface area contributed by atoms with Gasteiger partial charge in [-0.25, -0.2) is 12.8 Å². The highest BCUT2D eigenvalue weighted by molar-refractivity contribution is 7.90. The van der Waals surface area contributed by atoms with E-state index in [2.05, 4.69) is 10.2 Å². The molecule has 2 rings (SSSR count). The minimum absolute atomic E-state index is 0.0391. The Morgan fingerprint density at radius 3 is 2.55 bits per heavy atom. The molecule has 112 valence electrons. The van der Waals surface area contributed by atoms with Crippen molar-refractivity contribution in [3.05, 3.63) is 28.5 Å². The van der Waals surface area contributed by atoms with Gasteiger partial charge in [0.2, 0.25) is 0 Å². The number of piperazine rings is 1. The van der Waals surface area contributed by atoms with Crippen molar-refractivity contribution >= 4 is 21.4 Å². The summed E-state index contributed by atoms with van der Waals surface area (Å²) in [5.74, 6) is -0.768. The predicted octanol–water partition coefficient (Wildman–Crippen LogP) is 1.33. The summed E-state index contributed by atoms with van der Waals surface area (Å²) in [6, 6.07) is 2.81. The lowest BCUT2D eigenvalue weighted by Gasteiger charge is -2.27. The SMILES string of the molecule is CS(=O)(=O)c1c(F)cc(CCN2CCNCC2)cc1Cl. The molecule has 1 aliphatic rings. The number of halogens is 2. The molecule has 0 aliphatic carbocycles. The number of nitrogens with one attached hydrogen (secondary N) is 1. The standard InChI is InChI=1S/C13H18ClFN2O2S/c1-20(18,19)13-11(14)8-10(9-12(13)15)2-5-17-6-3-16-4-7-17/h8-9,16H,2-7H2,1H3. The molecule has 0 aromatic heterocycles. The van der Waals surface area contributed by atoms with E-state index in [4.69, 9.17) is 11.6 Å². The first-order valence-electron chi connectivity index (χ1n) is 6.49. The van der Waals surface area contributed by atoms with Crippen molar-refractivity contribution < 1.29 is 12.8 Å². The molecule has 1 heterocycles. The van der Waals surface area contributed by atoms with E-state index in [-0.39, 0.29) is 5.02 Å². The molecule has 20 heavy (non-hydrogen) atoms. The molecule has 0 amide bonds. The number of sulfone groups is 1. The summed E-state index contributed by atoms with van der Waals surface area (Å²) >= 11 is 5.90. The molecule has 0 saturated carbocycles. The van der Waals surface area contributed by atoms with Crippen LogP contribution in [0.15, 0.2) is 17.0 Å². The summed E-state index contributed by atoms with van der Waals surface area (Å²) in [7, 11) is -3.64. The van der Waals surface area contributed by atoms with E-state index in [1.54, 1.807) is 6.07 Å². The van der Waals surface area contributed by atoms with Crippen LogP contribution in [-0.4, -0.2) is 52.3 Å². The first-order chi connectivity index (χ1) is 9.38. The highest BCUT2D eigenvalue weighted by Crippen LogP contribution is 2.26. The third-order valence-corrected chi connectivity index (χ3v) is 4.92. The second-order valence-electron chi connectivity index (χ2n) is 5.00. The molecule has 0 atom stereocenters. The Bertz CT molecular complexity index is 563. The van der Waals surface area contributed by atoms with Gasteiger partial charge in [0, 0.05) is 39.0 Å². The Labute approximate surface area is 123 Å². The molecule has 1 aliphatic heterocycles. The summed E-state index contributed by atoms with van der Waals surface area (Å²) in [5, 5.41) is 3.23. The van der Waals surface area contributed by atoms with Crippen LogP contribution in [0.1, 0.15) is 5.56 Å². The van der Waals surface area contributed by atoms with E-state index in [1.165, 1.54) is 6.07 Å². The number of hydrogen-bond donors (Lipinski definition) is 1. The maximum atomic E-state index is 13.9. The topological polar surface area (TPSA) is 49.4 Å². The van der Waals surface area contributed by atoms with Gasteiger partial charge in [-0.1, -0.05) is 11.6 Å². The summed E-state index contributed by atoms with van der Waals surface area (Å²) in [6.07, 6.45) is 1.61. The number of nitrogens with zero attached hydrogens (tertiary/aromatic N) is 1. The van der Waals surface area contributed by atoms with E-state index in [0.717, 1.165) is 44.5 Å². The molecule has 0 bridgehead atoms. The van der Waals surface area contributed by atoms with Crippen molar-refractivity contribution in [2.24, 2.45) is 0 Å². The zero-order valence-corrected chi connectivity index (χ0v) is 12.9. The molecule has 0 spiro atoms. The van der Waals surface area contributed by atoms with Gasteiger partial charge < -0.3 is 10.2 Å². The van der Waals surface area contributed by atoms with Crippen LogP contribution in [0.5, 0.6) is 0 Å². The predicted molar refractivity (Wildman–Crippen MR) is 77.5 cm³/mol. The average molecular weight is 321 g/mol. The van der Waals surface area contributed by atoms with E-state index in [1.807, 2.05) is 0 Å².